The molecule has 5 atom stereocenters. The summed E-state index contributed by atoms with van der Waals surface area (Å²) in [4.78, 5) is 22.1. The highest BCUT2D eigenvalue weighted by Crippen LogP contribution is 2.33. The number of hydrogen-bond acceptors (Lipinski definition) is 5. The largest absolute Gasteiger partial charge is 0.456 e. The van der Waals surface area contributed by atoms with Crippen molar-refractivity contribution in [2.75, 3.05) is 0 Å². The van der Waals surface area contributed by atoms with Crippen LogP contribution in [-0.2, 0) is 23.8 Å². The maximum atomic E-state index is 11.1. The summed E-state index contributed by atoms with van der Waals surface area (Å²) in [5.41, 5.74) is 0. The Bertz CT molecular complexity index is 301. The fourth-order valence-corrected chi connectivity index (χ4v) is 2.00. The average molecular weight is 244 g/mol. The Morgan fingerprint density at radius 3 is 1.94 bits per heavy atom. The Hall–Kier alpha value is -1.10. The Balaban J connectivity index is 2.82. The summed E-state index contributed by atoms with van der Waals surface area (Å²) < 4.78 is 15.8. The predicted octanol–water partition coefficient (Wildman–Crippen LogP) is 1.50. The highest BCUT2D eigenvalue weighted by atomic mass is 16.7. The average Bonchev–Trinajstić information content (AvgIpc) is 2.20. The molecule has 0 aromatic rings. The van der Waals surface area contributed by atoms with Crippen molar-refractivity contribution < 1.29 is 23.8 Å². The van der Waals surface area contributed by atoms with Crippen molar-refractivity contribution in [1.82, 2.24) is 0 Å². The van der Waals surface area contributed by atoms with E-state index in [9.17, 15) is 9.59 Å². The molecule has 0 aliphatic carbocycles. The van der Waals surface area contributed by atoms with E-state index >= 15 is 0 Å². The van der Waals surface area contributed by atoms with Gasteiger partial charge in [-0.05, 0) is 12.8 Å². The Morgan fingerprint density at radius 1 is 0.941 bits per heavy atom. The molecule has 17 heavy (non-hydrogen) atoms. The molecule has 0 amide bonds. The second-order valence-corrected chi connectivity index (χ2v) is 4.61. The summed E-state index contributed by atoms with van der Waals surface area (Å²) in [5, 5.41) is 0. The number of rotatable bonds is 2. The van der Waals surface area contributed by atoms with Gasteiger partial charge in [0.1, 0.15) is 0 Å². The number of hydrogen-bond donors (Lipinski definition) is 0. The molecule has 1 fully saturated rings. The van der Waals surface area contributed by atoms with Crippen LogP contribution in [0.25, 0.3) is 0 Å². The molecular formula is C12H20O5. The van der Waals surface area contributed by atoms with E-state index in [2.05, 4.69) is 0 Å². The highest BCUT2D eigenvalue weighted by Gasteiger charge is 2.43. The summed E-state index contributed by atoms with van der Waals surface area (Å²) in [6, 6.07) is 0. The molecule has 0 saturated carbocycles. The van der Waals surface area contributed by atoms with Gasteiger partial charge in [0, 0.05) is 19.8 Å². The normalized spacial score (nSPS) is 37.4. The molecule has 0 aromatic carbocycles. The van der Waals surface area contributed by atoms with E-state index in [1.165, 1.54) is 13.8 Å². The van der Waals surface area contributed by atoms with Crippen molar-refractivity contribution in [3.05, 3.63) is 0 Å². The first kappa shape index (κ1) is 14.0. The lowest BCUT2D eigenvalue weighted by Crippen LogP contribution is -2.51. The van der Waals surface area contributed by atoms with Gasteiger partial charge in [0.05, 0.1) is 6.10 Å². The van der Waals surface area contributed by atoms with Crippen LogP contribution in [-0.4, -0.2) is 30.4 Å². The van der Waals surface area contributed by atoms with Crippen molar-refractivity contribution in [3.63, 3.8) is 0 Å². The van der Waals surface area contributed by atoms with Crippen molar-refractivity contribution in [1.29, 1.82) is 0 Å². The molecule has 1 saturated heterocycles. The van der Waals surface area contributed by atoms with Gasteiger partial charge in [0.25, 0.3) is 0 Å². The van der Waals surface area contributed by atoms with Crippen LogP contribution in [0, 0.1) is 11.8 Å². The van der Waals surface area contributed by atoms with Crippen LogP contribution in [0.1, 0.15) is 34.6 Å². The quantitative estimate of drug-likeness (QED) is 0.689. The van der Waals surface area contributed by atoms with E-state index in [0.717, 1.165) is 0 Å². The minimum absolute atomic E-state index is 0.0406. The molecule has 0 radical (unpaired) electrons. The Kier molecular flexibility index (Phi) is 4.51. The minimum atomic E-state index is -0.808. The summed E-state index contributed by atoms with van der Waals surface area (Å²) >= 11 is 0. The Labute approximate surface area is 101 Å². The molecule has 0 N–H and O–H groups in total. The summed E-state index contributed by atoms with van der Waals surface area (Å²) in [5.74, 6) is -0.538. The maximum absolute atomic E-state index is 11.1. The molecule has 1 heterocycles. The van der Waals surface area contributed by atoms with E-state index in [0.29, 0.717) is 0 Å². The molecule has 5 heteroatoms. The van der Waals surface area contributed by atoms with Gasteiger partial charge in [0.15, 0.2) is 6.10 Å². The van der Waals surface area contributed by atoms with Gasteiger partial charge in [-0.15, -0.1) is 0 Å². The first-order valence-corrected chi connectivity index (χ1v) is 5.82. The summed E-state index contributed by atoms with van der Waals surface area (Å²) in [6.07, 6.45) is -1.39. The molecule has 0 bridgehead atoms. The molecule has 1 rings (SSSR count). The fourth-order valence-electron chi connectivity index (χ4n) is 2.00. The van der Waals surface area contributed by atoms with Crippen LogP contribution in [0.4, 0.5) is 0 Å². The smallest absolute Gasteiger partial charge is 0.305 e. The second kappa shape index (κ2) is 5.49. The first-order chi connectivity index (χ1) is 7.82. The number of ether oxygens (including phenoxy) is 3. The van der Waals surface area contributed by atoms with E-state index < -0.39 is 24.3 Å². The number of carbonyl (C=O) groups excluding carboxylic acids is 2. The van der Waals surface area contributed by atoms with E-state index in [1.54, 1.807) is 0 Å². The van der Waals surface area contributed by atoms with Crippen molar-refractivity contribution in [2.45, 2.75) is 53.1 Å². The molecule has 1 aliphatic heterocycles. The molecule has 2 unspecified atom stereocenters. The zero-order valence-corrected chi connectivity index (χ0v) is 10.9. The van der Waals surface area contributed by atoms with Gasteiger partial charge in [0.2, 0.25) is 6.29 Å². The number of esters is 2. The zero-order chi connectivity index (χ0) is 13.2. The SMILES string of the molecule is CC(=O)OC1O[C@@H](C)[C@H](C)[C@@H](C)C1OC(C)=O. The van der Waals surface area contributed by atoms with Gasteiger partial charge >= 0.3 is 11.9 Å². The highest BCUT2D eigenvalue weighted by molar-refractivity contribution is 5.67. The van der Waals surface area contributed by atoms with Gasteiger partial charge < -0.3 is 14.2 Å². The lowest BCUT2D eigenvalue weighted by atomic mass is 9.84. The van der Waals surface area contributed by atoms with E-state index in [1.807, 2.05) is 20.8 Å². The van der Waals surface area contributed by atoms with Crippen LogP contribution in [0.3, 0.4) is 0 Å². The third-order valence-corrected chi connectivity index (χ3v) is 3.29. The Morgan fingerprint density at radius 2 is 1.47 bits per heavy atom. The summed E-state index contributed by atoms with van der Waals surface area (Å²) in [6.45, 7) is 8.55. The van der Waals surface area contributed by atoms with Crippen LogP contribution < -0.4 is 0 Å². The van der Waals surface area contributed by atoms with Gasteiger partial charge in [-0.3, -0.25) is 9.59 Å². The molecular weight excluding hydrogens is 224 g/mol. The van der Waals surface area contributed by atoms with Crippen molar-refractivity contribution in [2.24, 2.45) is 11.8 Å². The van der Waals surface area contributed by atoms with Crippen LogP contribution in [0.15, 0.2) is 0 Å². The van der Waals surface area contributed by atoms with Crippen molar-refractivity contribution in [3.8, 4) is 0 Å². The van der Waals surface area contributed by atoms with Gasteiger partial charge in [-0.1, -0.05) is 13.8 Å². The third kappa shape index (κ3) is 3.43. The second-order valence-electron chi connectivity index (χ2n) is 4.61. The van der Waals surface area contributed by atoms with E-state index in [4.69, 9.17) is 14.2 Å². The topological polar surface area (TPSA) is 61.8 Å². The molecule has 98 valence electrons. The van der Waals surface area contributed by atoms with Crippen LogP contribution >= 0.6 is 0 Å². The van der Waals surface area contributed by atoms with E-state index in [-0.39, 0.29) is 17.9 Å². The first-order valence-electron chi connectivity index (χ1n) is 5.82. The molecule has 5 nitrogen and oxygen atoms in total. The summed E-state index contributed by atoms with van der Waals surface area (Å²) in [7, 11) is 0. The predicted molar refractivity (Wildman–Crippen MR) is 60.0 cm³/mol. The van der Waals surface area contributed by atoms with Crippen LogP contribution in [0.2, 0.25) is 0 Å². The molecule has 0 aromatic heterocycles. The fraction of sp³-hybridized carbons (Fsp3) is 0.833. The molecule has 1 aliphatic rings. The maximum Gasteiger partial charge on any atom is 0.305 e. The standard InChI is InChI=1S/C12H20O5/c1-6-7(2)11(16-9(4)13)12(15-8(6)3)17-10(5)14/h6-8,11-12H,1-5H3/t6-,7-,8+,11?,12?/m1/s1. The third-order valence-electron chi connectivity index (χ3n) is 3.29. The number of carbonyl (C=O) groups is 2. The minimum Gasteiger partial charge on any atom is -0.456 e. The monoisotopic (exact) mass is 244 g/mol. The van der Waals surface area contributed by atoms with Gasteiger partial charge in [-0.25, -0.2) is 0 Å². The van der Waals surface area contributed by atoms with Gasteiger partial charge in [-0.2, -0.15) is 0 Å². The lowest BCUT2D eigenvalue weighted by molar-refractivity contribution is -0.263. The molecule has 0 spiro atoms. The van der Waals surface area contributed by atoms with Crippen molar-refractivity contribution >= 4 is 11.9 Å². The zero-order valence-electron chi connectivity index (χ0n) is 10.9. The lowest BCUT2D eigenvalue weighted by Gasteiger charge is -2.42. The van der Waals surface area contributed by atoms with Crippen LogP contribution in [0.5, 0.6) is 0 Å².